The molecule has 0 radical (unpaired) electrons. The van der Waals surface area contributed by atoms with Crippen LogP contribution < -0.4 is 16.4 Å². The van der Waals surface area contributed by atoms with Crippen LogP contribution in [0, 0.1) is 0 Å². The Bertz CT molecular complexity index is 428. The van der Waals surface area contributed by atoms with E-state index in [-0.39, 0.29) is 30.2 Å². The summed E-state index contributed by atoms with van der Waals surface area (Å²) in [7, 11) is 0. The summed E-state index contributed by atoms with van der Waals surface area (Å²) in [5.41, 5.74) is 10.7. The number of pyridine rings is 1. The number of nitrogen functional groups attached to an aromatic ring is 1. The summed E-state index contributed by atoms with van der Waals surface area (Å²) in [6, 6.07) is 1.26. The molecule has 8 heteroatoms. The number of hydrogen-bond donors (Lipinski definition) is 3. The third kappa shape index (κ3) is 3.52. The van der Waals surface area contributed by atoms with E-state index in [4.69, 9.17) is 16.6 Å². The Morgan fingerprint density at radius 1 is 1.56 bits per heavy atom. The van der Waals surface area contributed by atoms with Crippen LogP contribution in [0.3, 0.4) is 0 Å². The van der Waals surface area contributed by atoms with Gasteiger partial charge < -0.3 is 21.5 Å². The van der Waals surface area contributed by atoms with E-state index in [1.807, 2.05) is 0 Å². The van der Waals surface area contributed by atoms with E-state index in [1.165, 1.54) is 12.3 Å². The van der Waals surface area contributed by atoms with Crippen LogP contribution in [0.2, 0.25) is 0 Å². The number of rotatable bonds is 6. The Morgan fingerprint density at radius 3 is 2.72 bits per heavy atom. The number of carbonyl (C=O) groups excluding carboxylic acids is 1. The van der Waals surface area contributed by atoms with Crippen LogP contribution in [0.5, 0.6) is 0 Å². The average Bonchev–Trinajstić information content (AvgIpc) is 2.27. The molecule has 1 heterocycles. The molecule has 0 aliphatic carbocycles. The number of aliphatic hydroxyl groups excluding tert-OH is 1. The lowest BCUT2D eigenvalue weighted by Gasteiger charge is -2.24. The molecule has 0 unspecified atom stereocenters. The van der Waals surface area contributed by atoms with Crippen molar-refractivity contribution in [2.75, 3.05) is 30.3 Å². The fourth-order valence-electron chi connectivity index (χ4n) is 1.48. The van der Waals surface area contributed by atoms with Crippen molar-refractivity contribution in [2.45, 2.75) is 6.43 Å². The highest BCUT2D eigenvalue weighted by molar-refractivity contribution is 5.98. The molecule has 0 saturated heterocycles. The van der Waals surface area contributed by atoms with E-state index in [1.54, 1.807) is 0 Å². The third-order valence-electron chi connectivity index (χ3n) is 2.18. The Morgan fingerprint density at radius 2 is 2.22 bits per heavy atom. The van der Waals surface area contributed by atoms with Crippen molar-refractivity contribution in [3.8, 4) is 0 Å². The highest BCUT2D eigenvalue weighted by atomic mass is 19.3. The number of halogens is 2. The molecule has 1 aromatic heterocycles. The maximum Gasteiger partial charge on any atom is 0.255 e. The van der Waals surface area contributed by atoms with E-state index in [2.05, 4.69) is 4.98 Å². The number of amides is 1. The second-order valence-electron chi connectivity index (χ2n) is 3.56. The normalized spacial score (nSPS) is 10.7. The van der Waals surface area contributed by atoms with Crippen LogP contribution in [0.15, 0.2) is 12.3 Å². The number of primary amides is 1. The molecule has 100 valence electrons. The molecule has 6 nitrogen and oxygen atoms in total. The van der Waals surface area contributed by atoms with Crippen LogP contribution in [0.1, 0.15) is 10.4 Å². The number of anilines is 2. The van der Waals surface area contributed by atoms with Gasteiger partial charge in [-0.3, -0.25) is 4.79 Å². The topological polar surface area (TPSA) is 105 Å². The second kappa shape index (κ2) is 6.10. The quantitative estimate of drug-likeness (QED) is 0.658. The van der Waals surface area contributed by atoms with Gasteiger partial charge in [-0.2, -0.15) is 0 Å². The van der Waals surface area contributed by atoms with Crippen LogP contribution in [-0.2, 0) is 0 Å². The molecule has 1 aromatic rings. The van der Waals surface area contributed by atoms with E-state index < -0.39 is 18.9 Å². The molecule has 0 bridgehead atoms. The van der Waals surface area contributed by atoms with Crippen molar-refractivity contribution in [3.63, 3.8) is 0 Å². The first kappa shape index (κ1) is 14.1. The first-order chi connectivity index (χ1) is 8.45. The highest BCUT2D eigenvalue weighted by Gasteiger charge is 2.19. The molecule has 0 saturated carbocycles. The molecule has 5 N–H and O–H groups in total. The molecule has 0 aromatic carbocycles. The Balaban J connectivity index is 3.13. The minimum Gasteiger partial charge on any atom is -0.397 e. The zero-order valence-electron chi connectivity index (χ0n) is 9.51. The van der Waals surface area contributed by atoms with Gasteiger partial charge in [-0.1, -0.05) is 0 Å². The van der Waals surface area contributed by atoms with Crippen molar-refractivity contribution >= 4 is 17.4 Å². The molecule has 18 heavy (non-hydrogen) atoms. The lowest BCUT2D eigenvalue weighted by atomic mass is 10.2. The van der Waals surface area contributed by atoms with Gasteiger partial charge in [0.15, 0.2) is 0 Å². The van der Waals surface area contributed by atoms with Gasteiger partial charge in [0.1, 0.15) is 5.82 Å². The molecule has 0 spiro atoms. The molecule has 1 rings (SSSR count). The first-order valence-electron chi connectivity index (χ1n) is 5.15. The number of alkyl halides is 2. The van der Waals surface area contributed by atoms with Gasteiger partial charge in [-0.05, 0) is 6.07 Å². The van der Waals surface area contributed by atoms with Crippen molar-refractivity contribution in [1.29, 1.82) is 0 Å². The van der Waals surface area contributed by atoms with Gasteiger partial charge in [0, 0.05) is 6.54 Å². The zero-order chi connectivity index (χ0) is 13.7. The Hall–Kier alpha value is -1.96. The summed E-state index contributed by atoms with van der Waals surface area (Å²) in [4.78, 5) is 16.1. The Labute approximate surface area is 102 Å². The predicted molar refractivity (Wildman–Crippen MR) is 62.5 cm³/mol. The minimum absolute atomic E-state index is 0.00829. The summed E-state index contributed by atoms with van der Waals surface area (Å²) in [6.07, 6.45) is -1.39. The van der Waals surface area contributed by atoms with E-state index in [9.17, 15) is 13.6 Å². The van der Waals surface area contributed by atoms with Crippen LogP contribution in [0.25, 0.3) is 0 Å². The molecular weight excluding hydrogens is 246 g/mol. The molecule has 0 aliphatic heterocycles. The summed E-state index contributed by atoms with van der Waals surface area (Å²) in [5.74, 6) is -0.826. The summed E-state index contributed by atoms with van der Waals surface area (Å²) >= 11 is 0. The minimum atomic E-state index is -2.63. The number of hydrogen-bond acceptors (Lipinski definition) is 5. The van der Waals surface area contributed by atoms with Gasteiger partial charge >= 0.3 is 0 Å². The zero-order valence-corrected chi connectivity index (χ0v) is 9.51. The van der Waals surface area contributed by atoms with Crippen molar-refractivity contribution in [3.05, 3.63) is 17.8 Å². The largest absolute Gasteiger partial charge is 0.397 e. The lowest BCUT2D eigenvalue weighted by molar-refractivity contribution is 0.0999. The van der Waals surface area contributed by atoms with Crippen molar-refractivity contribution < 1.29 is 18.7 Å². The number of aromatic nitrogens is 1. The summed E-state index contributed by atoms with van der Waals surface area (Å²) in [5, 5.41) is 8.84. The molecular formula is C10H14F2N4O2. The first-order valence-corrected chi connectivity index (χ1v) is 5.15. The van der Waals surface area contributed by atoms with E-state index in [0.717, 1.165) is 4.90 Å². The Kier molecular flexibility index (Phi) is 4.78. The van der Waals surface area contributed by atoms with Gasteiger partial charge in [0.05, 0.1) is 30.6 Å². The van der Waals surface area contributed by atoms with Gasteiger partial charge in [-0.25, -0.2) is 13.8 Å². The summed E-state index contributed by atoms with van der Waals surface area (Å²) in [6.45, 7) is -1.09. The van der Waals surface area contributed by atoms with E-state index in [0.29, 0.717) is 0 Å². The van der Waals surface area contributed by atoms with Crippen LogP contribution in [0.4, 0.5) is 20.3 Å². The van der Waals surface area contributed by atoms with Gasteiger partial charge in [0.25, 0.3) is 12.3 Å². The number of nitrogens with zero attached hydrogens (tertiary/aromatic N) is 2. The van der Waals surface area contributed by atoms with Gasteiger partial charge in [0.2, 0.25) is 0 Å². The van der Waals surface area contributed by atoms with Crippen molar-refractivity contribution in [2.24, 2.45) is 5.73 Å². The second-order valence-corrected chi connectivity index (χ2v) is 3.56. The molecule has 1 amide bonds. The molecule has 0 atom stereocenters. The standard InChI is InChI=1S/C10H14F2N4O2/c11-8(12)5-16(1-2-17)10-7(9(14)18)3-6(13)4-15-10/h3-4,8,17H,1-2,5,13H2,(H2,14,18). The van der Waals surface area contributed by atoms with Crippen LogP contribution in [-0.4, -0.2) is 42.1 Å². The third-order valence-corrected chi connectivity index (χ3v) is 2.18. The summed E-state index contributed by atoms with van der Waals surface area (Å²) < 4.78 is 24.8. The smallest absolute Gasteiger partial charge is 0.255 e. The van der Waals surface area contributed by atoms with Crippen molar-refractivity contribution in [1.82, 2.24) is 4.98 Å². The number of carbonyl (C=O) groups is 1. The molecule has 0 fully saturated rings. The maximum absolute atomic E-state index is 12.4. The highest BCUT2D eigenvalue weighted by Crippen LogP contribution is 2.20. The number of aliphatic hydroxyl groups is 1. The van der Waals surface area contributed by atoms with Crippen LogP contribution >= 0.6 is 0 Å². The van der Waals surface area contributed by atoms with E-state index >= 15 is 0 Å². The fourth-order valence-corrected chi connectivity index (χ4v) is 1.48. The fraction of sp³-hybridized carbons (Fsp3) is 0.400. The van der Waals surface area contributed by atoms with Gasteiger partial charge in [-0.15, -0.1) is 0 Å². The number of nitrogens with two attached hydrogens (primary N) is 2. The monoisotopic (exact) mass is 260 g/mol. The predicted octanol–water partition coefficient (Wildman–Crippen LogP) is -0.174. The lowest BCUT2D eigenvalue weighted by Crippen LogP contribution is -2.34. The average molecular weight is 260 g/mol. The SMILES string of the molecule is NC(=O)c1cc(N)cnc1N(CCO)CC(F)F. The maximum atomic E-state index is 12.4. The molecule has 0 aliphatic rings.